The smallest absolute Gasteiger partial charge is 0.143 e. The first kappa shape index (κ1) is 13.3. The summed E-state index contributed by atoms with van der Waals surface area (Å²) in [5.41, 5.74) is -1.47. The van der Waals surface area contributed by atoms with Crippen molar-refractivity contribution in [3.63, 3.8) is 0 Å². The topological polar surface area (TPSA) is 13.1 Å². The Labute approximate surface area is 300 Å². The normalized spacial score (nSPS) is 17.8. The van der Waals surface area contributed by atoms with Gasteiger partial charge in [0.1, 0.15) is 11.2 Å². The van der Waals surface area contributed by atoms with Gasteiger partial charge in [-0.2, -0.15) is 0 Å². The van der Waals surface area contributed by atoms with Gasteiger partial charge in [0.25, 0.3) is 0 Å². The first-order chi connectivity index (χ1) is 31.7. The Morgan fingerprint density at radius 1 is 0.383 bits per heavy atom. The van der Waals surface area contributed by atoms with Gasteiger partial charge in [0, 0.05) is 16.2 Å². The molecule has 10 rings (SSSR count). The highest BCUT2D eigenvalue weighted by atomic mass is 16.3. The first-order valence-corrected chi connectivity index (χ1v) is 14.6. The van der Waals surface area contributed by atoms with Crippen LogP contribution in [0.15, 0.2) is 174 Å². The van der Waals surface area contributed by atoms with Crippen molar-refractivity contribution < 1.29 is 31.8 Å². The molecular weight excluding hydrogens is 569 g/mol. The Morgan fingerprint density at radius 3 is 1.64 bits per heavy atom. The van der Waals surface area contributed by atoms with Crippen LogP contribution in [0.3, 0.4) is 0 Å². The molecule has 0 saturated heterocycles. The number of hydrogen-bond donors (Lipinski definition) is 0. The average Bonchev–Trinajstić information content (AvgIpc) is 3.72. The summed E-state index contributed by atoms with van der Waals surface area (Å²) in [5, 5.41) is -0.351. The number of furan rings is 1. The van der Waals surface area contributed by atoms with Crippen LogP contribution in [-0.2, 0) is 0 Å². The first-order valence-electron chi connectivity index (χ1n) is 24.6. The van der Waals surface area contributed by atoms with Gasteiger partial charge in [0.15, 0.2) is 0 Å². The second-order valence-electron chi connectivity index (χ2n) is 10.9. The maximum absolute atomic E-state index is 9.76. The molecule has 0 amide bonds. The third-order valence-electron chi connectivity index (χ3n) is 8.31. The number of rotatable bonds is 3. The minimum Gasteiger partial charge on any atom is -0.455 e. The predicted molar refractivity (Wildman–Crippen MR) is 200 cm³/mol. The molecule has 0 aliphatic carbocycles. The molecule has 0 unspecified atom stereocenters. The molecule has 47 heavy (non-hydrogen) atoms. The second-order valence-corrected chi connectivity index (χ2v) is 10.9. The molecule has 1 heteroatoms. The van der Waals surface area contributed by atoms with Gasteiger partial charge in [-0.25, -0.2) is 0 Å². The number of benzene rings is 9. The van der Waals surface area contributed by atoms with E-state index < -0.39 is 143 Å². The van der Waals surface area contributed by atoms with Gasteiger partial charge in [-0.05, 0) is 89.2 Å². The zero-order chi connectivity index (χ0) is 48.3. The van der Waals surface area contributed by atoms with Crippen molar-refractivity contribution in [2.75, 3.05) is 0 Å². The van der Waals surface area contributed by atoms with Crippen LogP contribution >= 0.6 is 0 Å². The highest BCUT2D eigenvalue weighted by molar-refractivity contribution is 6.23. The van der Waals surface area contributed by atoms with Crippen LogP contribution in [0.4, 0.5) is 0 Å². The molecule has 0 fully saturated rings. The van der Waals surface area contributed by atoms with Crippen molar-refractivity contribution in [3.05, 3.63) is 169 Å². The largest absolute Gasteiger partial charge is 0.455 e. The Kier molecular flexibility index (Phi) is 2.87. The lowest BCUT2D eigenvalue weighted by Gasteiger charge is -2.18. The Morgan fingerprint density at radius 2 is 0.936 bits per heavy atom. The molecule has 0 N–H and O–H groups in total. The van der Waals surface area contributed by atoms with Gasteiger partial charge in [-0.15, -0.1) is 0 Å². The second kappa shape index (κ2) is 10.2. The summed E-state index contributed by atoms with van der Waals surface area (Å²) in [7, 11) is 0. The standard InChI is InChI=1S/C46H28O/c1-3-13-34-29(10-1)12-9-19-35(34)31-20-22-32(23-21-31)44-37-15-5-7-17-39(37)45(40-18-8-6-16-38(40)44)33-25-27-43-42(28-33)41-26-24-30-11-2-4-14-36(30)46(41)47-43/h1-28H/i1D,2D,3D,4D,9D,10D,11D,12D,13D,14D,19D,20D,21D,22D,23D,24D,25D,26D,27D,28D. The molecule has 9 aromatic carbocycles. The SMILES string of the molecule is [2H]c1c([2H])c(-c2c([2H])c([2H])c([2H])c3c([2H])c([2H])c([2H])c([2H])c23)c([2H])c([2H])c1-c1c2ccccc2c(-c2c([2H])c([2H])c3oc4c5c([2H])c([2H])c([2H])c([2H])c5c([2H])c([2H])c4c3c2[2H])c2ccccc12. The lowest BCUT2D eigenvalue weighted by atomic mass is 9.85. The molecule has 0 bridgehead atoms. The van der Waals surface area contributed by atoms with E-state index in [2.05, 4.69) is 0 Å². The van der Waals surface area contributed by atoms with Gasteiger partial charge in [-0.3, -0.25) is 0 Å². The molecule has 0 atom stereocenters. The van der Waals surface area contributed by atoms with E-state index in [1.807, 2.05) is 0 Å². The third-order valence-corrected chi connectivity index (χ3v) is 8.31. The zero-order valence-electron chi connectivity index (χ0n) is 44.0. The van der Waals surface area contributed by atoms with Crippen LogP contribution in [0.2, 0.25) is 0 Å². The fraction of sp³-hybridized carbons (Fsp3) is 0. The quantitative estimate of drug-likeness (QED) is 0.180. The molecule has 0 aliphatic rings. The van der Waals surface area contributed by atoms with E-state index in [-0.39, 0.29) is 55.0 Å². The maximum atomic E-state index is 9.76. The maximum Gasteiger partial charge on any atom is 0.143 e. The lowest BCUT2D eigenvalue weighted by Crippen LogP contribution is -1.91. The van der Waals surface area contributed by atoms with Gasteiger partial charge in [0.05, 0.1) is 27.4 Å². The van der Waals surface area contributed by atoms with Crippen LogP contribution in [-0.4, -0.2) is 0 Å². The van der Waals surface area contributed by atoms with Crippen LogP contribution in [0.25, 0.3) is 98.4 Å². The molecule has 0 saturated carbocycles. The van der Waals surface area contributed by atoms with Crippen LogP contribution < -0.4 is 0 Å². The van der Waals surface area contributed by atoms with Crippen LogP contribution in [0.5, 0.6) is 0 Å². The van der Waals surface area contributed by atoms with E-state index in [0.29, 0.717) is 21.5 Å². The van der Waals surface area contributed by atoms with Crippen LogP contribution in [0.1, 0.15) is 27.4 Å². The fourth-order valence-corrected chi connectivity index (χ4v) is 6.27. The average molecular weight is 617 g/mol. The van der Waals surface area contributed by atoms with Gasteiger partial charge >= 0.3 is 0 Å². The van der Waals surface area contributed by atoms with E-state index in [0.717, 1.165) is 0 Å². The van der Waals surface area contributed by atoms with Gasteiger partial charge in [0.2, 0.25) is 0 Å². The predicted octanol–water partition coefficient (Wildman–Crippen LogP) is 13.2. The fourth-order valence-electron chi connectivity index (χ4n) is 6.27. The molecule has 1 aromatic heterocycles. The Balaban J connectivity index is 1.32. The minimum absolute atomic E-state index is 0.113. The number of fused-ring (bicyclic) bond motifs is 8. The molecule has 1 nitrogen and oxygen atoms in total. The summed E-state index contributed by atoms with van der Waals surface area (Å²) in [6.45, 7) is 0. The molecule has 0 spiro atoms. The van der Waals surface area contributed by atoms with E-state index in [1.54, 1.807) is 48.5 Å². The highest BCUT2D eigenvalue weighted by Crippen LogP contribution is 2.45. The van der Waals surface area contributed by atoms with Crippen molar-refractivity contribution >= 4 is 65.0 Å². The van der Waals surface area contributed by atoms with Crippen molar-refractivity contribution in [3.8, 4) is 33.4 Å². The van der Waals surface area contributed by atoms with E-state index >= 15 is 0 Å². The molecule has 218 valence electrons. The molecule has 0 aliphatic heterocycles. The third kappa shape index (κ3) is 3.97. The Bertz CT molecular complexity index is 3890. The summed E-state index contributed by atoms with van der Waals surface area (Å²) in [6.07, 6.45) is 0. The van der Waals surface area contributed by atoms with E-state index in [9.17, 15) is 9.60 Å². The summed E-state index contributed by atoms with van der Waals surface area (Å²) in [6, 6.07) is 0.748. The molecule has 1 heterocycles. The van der Waals surface area contributed by atoms with E-state index in [1.165, 1.54) is 0 Å². The monoisotopic (exact) mass is 616 g/mol. The van der Waals surface area contributed by atoms with Gasteiger partial charge in [-0.1, -0.05) is 151 Å². The molecular formula is C46H28O. The van der Waals surface area contributed by atoms with Gasteiger partial charge < -0.3 is 4.42 Å². The minimum atomic E-state index is -0.749. The van der Waals surface area contributed by atoms with Crippen molar-refractivity contribution in [2.45, 2.75) is 0 Å². The Hall–Kier alpha value is -6.18. The summed E-state index contributed by atoms with van der Waals surface area (Å²) < 4.78 is 184. The van der Waals surface area contributed by atoms with Crippen LogP contribution in [0, 0.1) is 0 Å². The summed E-state index contributed by atoms with van der Waals surface area (Å²) >= 11 is 0. The van der Waals surface area contributed by atoms with Crippen molar-refractivity contribution in [1.82, 2.24) is 0 Å². The molecule has 0 radical (unpaired) electrons. The van der Waals surface area contributed by atoms with Crippen molar-refractivity contribution in [1.29, 1.82) is 0 Å². The summed E-state index contributed by atoms with van der Waals surface area (Å²) in [5.74, 6) is 0. The van der Waals surface area contributed by atoms with E-state index in [4.69, 9.17) is 22.2 Å². The zero-order valence-corrected chi connectivity index (χ0v) is 24.0. The summed E-state index contributed by atoms with van der Waals surface area (Å²) in [4.78, 5) is 0. The molecule has 10 aromatic rings. The highest BCUT2D eigenvalue weighted by Gasteiger charge is 2.18. The van der Waals surface area contributed by atoms with Crippen molar-refractivity contribution in [2.24, 2.45) is 0 Å². The number of hydrogen-bond acceptors (Lipinski definition) is 1. The lowest BCUT2D eigenvalue weighted by molar-refractivity contribution is 0.672.